The van der Waals surface area contributed by atoms with Crippen molar-refractivity contribution in [2.24, 2.45) is 0 Å². The Morgan fingerprint density at radius 2 is 2.00 bits per heavy atom. The topological polar surface area (TPSA) is 0 Å². The van der Waals surface area contributed by atoms with E-state index in [0.29, 0.717) is 0 Å². The summed E-state index contributed by atoms with van der Waals surface area (Å²) < 4.78 is 0. The van der Waals surface area contributed by atoms with E-state index < -0.39 is 0 Å². The lowest BCUT2D eigenvalue weighted by Gasteiger charge is -1.86. The molecule has 0 aromatic carbocycles. The van der Waals surface area contributed by atoms with Crippen LogP contribution in [0.5, 0.6) is 0 Å². The van der Waals surface area contributed by atoms with E-state index in [4.69, 9.17) is 6.42 Å². The van der Waals surface area contributed by atoms with E-state index in [1.54, 1.807) is 0 Å². The van der Waals surface area contributed by atoms with Gasteiger partial charge >= 0.3 is 0 Å². The molecule has 0 aliphatic rings. The zero-order chi connectivity index (χ0) is 5.54. The standard InChI is InChI=1S/C7H12.CH4/c1-3-5-7-6-4-2;/h1H,4-7H2,2H3;1H4. The molecule has 0 saturated heterocycles. The highest BCUT2D eigenvalue weighted by Crippen LogP contribution is 1.95. The SMILES string of the molecule is C.C#CCCCCC. The third kappa shape index (κ3) is 9.12. The third-order valence-corrected chi connectivity index (χ3v) is 0.925. The molecule has 0 aromatic rings. The Bertz CT molecular complexity index is 56.9. The molecule has 0 amide bonds. The fraction of sp³-hybridized carbons (Fsp3) is 0.750. The summed E-state index contributed by atoms with van der Waals surface area (Å²) in [5, 5.41) is 0. The molecule has 0 nitrogen and oxygen atoms in total. The van der Waals surface area contributed by atoms with Gasteiger partial charge in [-0.05, 0) is 6.42 Å². The average molecular weight is 112 g/mol. The Morgan fingerprint density at radius 1 is 1.38 bits per heavy atom. The van der Waals surface area contributed by atoms with E-state index in [1.165, 1.54) is 19.3 Å². The molecule has 0 N–H and O–H groups in total. The van der Waals surface area contributed by atoms with Gasteiger partial charge in [-0.25, -0.2) is 0 Å². The number of hydrogen-bond donors (Lipinski definition) is 0. The van der Waals surface area contributed by atoms with Crippen molar-refractivity contribution in [3.8, 4) is 12.3 Å². The van der Waals surface area contributed by atoms with E-state index >= 15 is 0 Å². The lowest BCUT2D eigenvalue weighted by Crippen LogP contribution is -1.68. The van der Waals surface area contributed by atoms with Gasteiger partial charge in [0.05, 0.1) is 0 Å². The first-order valence-electron chi connectivity index (χ1n) is 2.85. The minimum atomic E-state index is 0. The van der Waals surface area contributed by atoms with Gasteiger partial charge in [0.15, 0.2) is 0 Å². The van der Waals surface area contributed by atoms with Crippen molar-refractivity contribution in [1.82, 2.24) is 0 Å². The van der Waals surface area contributed by atoms with Crippen molar-refractivity contribution in [2.75, 3.05) is 0 Å². The van der Waals surface area contributed by atoms with Crippen LogP contribution in [0, 0.1) is 12.3 Å². The molecule has 0 bridgehead atoms. The van der Waals surface area contributed by atoms with Crippen LogP contribution in [0.2, 0.25) is 0 Å². The first-order chi connectivity index (χ1) is 3.41. The average Bonchev–Trinajstić information content (AvgIpc) is 1.69. The molecule has 0 spiro atoms. The van der Waals surface area contributed by atoms with Crippen molar-refractivity contribution in [3.63, 3.8) is 0 Å². The lowest BCUT2D eigenvalue weighted by molar-refractivity contribution is 0.737. The van der Waals surface area contributed by atoms with Crippen LogP contribution in [0.25, 0.3) is 0 Å². The van der Waals surface area contributed by atoms with Gasteiger partial charge in [-0.3, -0.25) is 0 Å². The summed E-state index contributed by atoms with van der Waals surface area (Å²) in [7, 11) is 0. The van der Waals surface area contributed by atoms with Gasteiger partial charge in [0.1, 0.15) is 0 Å². The molecule has 0 rings (SSSR count). The largest absolute Gasteiger partial charge is 0.120 e. The van der Waals surface area contributed by atoms with Crippen molar-refractivity contribution in [2.45, 2.75) is 40.0 Å². The van der Waals surface area contributed by atoms with Gasteiger partial charge < -0.3 is 0 Å². The summed E-state index contributed by atoms with van der Waals surface area (Å²) in [4.78, 5) is 0. The molecule has 0 saturated carbocycles. The number of hydrogen-bond acceptors (Lipinski definition) is 0. The van der Waals surface area contributed by atoms with Crippen LogP contribution in [0.15, 0.2) is 0 Å². The first kappa shape index (κ1) is 10.5. The highest BCUT2D eigenvalue weighted by Gasteiger charge is 1.77. The summed E-state index contributed by atoms with van der Waals surface area (Å²) in [6.07, 6.45) is 9.72. The van der Waals surface area contributed by atoms with E-state index in [2.05, 4.69) is 12.8 Å². The lowest BCUT2D eigenvalue weighted by atomic mass is 10.2. The van der Waals surface area contributed by atoms with Crippen LogP contribution in [0.4, 0.5) is 0 Å². The van der Waals surface area contributed by atoms with E-state index in [0.717, 1.165) is 6.42 Å². The molecule has 48 valence electrons. The molecule has 0 fully saturated rings. The molecule has 0 atom stereocenters. The van der Waals surface area contributed by atoms with Crippen molar-refractivity contribution < 1.29 is 0 Å². The van der Waals surface area contributed by atoms with Crippen LogP contribution in [-0.2, 0) is 0 Å². The van der Waals surface area contributed by atoms with E-state index in [1.807, 2.05) is 0 Å². The zero-order valence-corrected chi connectivity index (χ0v) is 4.91. The maximum Gasteiger partial charge on any atom is 0.00860 e. The third-order valence-electron chi connectivity index (χ3n) is 0.925. The minimum Gasteiger partial charge on any atom is -0.120 e. The Labute approximate surface area is 53.3 Å². The highest BCUT2D eigenvalue weighted by atomic mass is 13.8. The molecule has 0 aliphatic carbocycles. The summed E-state index contributed by atoms with van der Waals surface area (Å²) in [6.45, 7) is 2.18. The van der Waals surface area contributed by atoms with Gasteiger partial charge in [0.25, 0.3) is 0 Å². The maximum absolute atomic E-state index is 5.02. The van der Waals surface area contributed by atoms with Gasteiger partial charge in [-0.15, -0.1) is 12.3 Å². The summed E-state index contributed by atoms with van der Waals surface area (Å²) in [6, 6.07) is 0. The zero-order valence-electron chi connectivity index (χ0n) is 4.91. The second kappa shape index (κ2) is 9.75. The van der Waals surface area contributed by atoms with Gasteiger partial charge in [0.2, 0.25) is 0 Å². The predicted molar refractivity (Wildman–Crippen MR) is 39.7 cm³/mol. The summed E-state index contributed by atoms with van der Waals surface area (Å²) in [5.74, 6) is 2.60. The highest BCUT2D eigenvalue weighted by molar-refractivity contribution is 4.82. The first-order valence-corrected chi connectivity index (χ1v) is 2.85. The number of unbranched alkanes of at least 4 members (excludes halogenated alkanes) is 3. The number of terminal acetylenes is 1. The minimum absolute atomic E-state index is 0. The smallest absolute Gasteiger partial charge is 0.00860 e. The normalized spacial score (nSPS) is 7.00. The quantitative estimate of drug-likeness (QED) is 0.389. The van der Waals surface area contributed by atoms with Gasteiger partial charge in [0, 0.05) is 6.42 Å². The molecular weight excluding hydrogens is 96.1 g/mol. The molecule has 0 heterocycles. The van der Waals surface area contributed by atoms with Gasteiger partial charge in [-0.2, -0.15) is 0 Å². The molecular formula is C8H16. The summed E-state index contributed by atoms with van der Waals surface area (Å²) >= 11 is 0. The maximum atomic E-state index is 5.02. The number of rotatable bonds is 3. The van der Waals surface area contributed by atoms with Crippen LogP contribution in [-0.4, -0.2) is 0 Å². The van der Waals surface area contributed by atoms with E-state index in [9.17, 15) is 0 Å². The fourth-order valence-electron chi connectivity index (χ4n) is 0.477. The van der Waals surface area contributed by atoms with Crippen LogP contribution in [0.1, 0.15) is 40.0 Å². The van der Waals surface area contributed by atoms with Crippen LogP contribution < -0.4 is 0 Å². The van der Waals surface area contributed by atoms with Crippen LogP contribution >= 0.6 is 0 Å². The fourth-order valence-corrected chi connectivity index (χ4v) is 0.477. The Hall–Kier alpha value is -0.440. The Kier molecular flexibility index (Phi) is 12.8. The molecule has 0 radical (unpaired) electrons. The second-order valence-corrected chi connectivity index (χ2v) is 1.66. The molecule has 0 unspecified atom stereocenters. The summed E-state index contributed by atoms with van der Waals surface area (Å²) in [5.41, 5.74) is 0. The molecule has 8 heavy (non-hydrogen) atoms. The van der Waals surface area contributed by atoms with E-state index in [-0.39, 0.29) is 7.43 Å². The van der Waals surface area contributed by atoms with Crippen molar-refractivity contribution >= 4 is 0 Å². The molecule has 0 heteroatoms. The Balaban J connectivity index is 0. The van der Waals surface area contributed by atoms with Crippen molar-refractivity contribution in [1.29, 1.82) is 0 Å². The van der Waals surface area contributed by atoms with Gasteiger partial charge in [-0.1, -0.05) is 27.2 Å². The predicted octanol–water partition coefficient (Wildman–Crippen LogP) is 2.84. The molecule has 0 aliphatic heterocycles. The van der Waals surface area contributed by atoms with Crippen LogP contribution in [0.3, 0.4) is 0 Å². The second-order valence-electron chi connectivity index (χ2n) is 1.66. The van der Waals surface area contributed by atoms with Crippen molar-refractivity contribution in [3.05, 3.63) is 0 Å². The molecule has 0 aromatic heterocycles. The monoisotopic (exact) mass is 112 g/mol. The Morgan fingerprint density at radius 3 is 2.38 bits per heavy atom.